The molecule has 18 heavy (non-hydrogen) atoms. The molecule has 0 aromatic carbocycles. The number of nitrogens with zero attached hydrogens (tertiary/aromatic N) is 4. The summed E-state index contributed by atoms with van der Waals surface area (Å²) < 4.78 is 3.55. The maximum Gasteiger partial charge on any atom is 0.254 e. The van der Waals surface area contributed by atoms with Crippen molar-refractivity contribution in [2.75, 3.05) is 0 Å². The van der Waals surface area contributed by atoms with Gasteiger partial charge < -0.3 is 5.32 Å². The summed E-state index contributed by atoms with van der Waals surface area (Å²) in [6.45, 7) is 6.02. The van der Waals surface area contributed by atoms with Gasteiger partial charge in [-0.15, -0.1) is 0 Å². The molecule has 0 radical (unpaired) electrons. The van der Waals surface area contributed by atoms with Crippen LogP contribution in [0.3, 0.4) is 0 Å². The SMILES string of the molecule is CCn1cc(C(=O)NCc2ccn(CC)n2)cn1. The largest absolute Gasteiger partial charge is 0.346 e. The van der Waals surface area contributed by atoms with Crippen molar-refractivity contribution < 1.29 is 4.79 Å². The molecule has 1 amide bonds. The number of aryl methyl sites for hydroxylation is 2. The predicted molar refractivity (Wildman–Crippen MR) is 67.0 cm³/mol. The summed E-state index contributed by atoms with van der Waals surface area (Å²) in [5.41, 5.74) is 1.43. The lowest BCUT2D eigenvalue weighted by Gasteiger charge is -2.00. The van der Waals surface area contributed by atoms with Crippen LogP contribution in [0.15, 0.2) is 24.7 Å². The van der Waals surface area contributed by atoms with E-state index < -0.39 is 0 Å². The van der Waals surface area contributed by atoms with E-state index in [1.807, 2.05) is 30.8 Å². The summed E-state index contributed by atoms with van der Waals surface area (Å²) in [5.74, 6) is -0.124. The van der Waals surface area contributed by atoms with Crippen molar-refractivity contribution >= 4 is 5.91 Å². The van der Waals surface area contributed by atoms with E-state index in [4.69, 9.17) is 0 Å². The smallest absolute Gasteiger partial charge is 0.254 e. The Kier molecular flexibility index (Phi) is 3.76. The highest BCUT2D eigenvalue weighted by molar-refractivity contribution is 5.93. The van der Waals surface area contributed by atoms with Crippen LogP contribution in [-0.2, 0) is 19.6 Å². The van der Waals surface area contributed by atoms with Crippen LogP contribution in [0.25, 0.3) is 0 Å². The lowest BCUT2D eigenvalue weighted by Crippen LogP contribution is -2.22. The van der Waals surface area contributed by atoms with Crippen LogP contribution in [-0.4, -0.2) is 25.5 Å². The second-order valence-corrected chi connectivity index (χ2v) is 3.93. The van der Waals surface area contributed by atoms with Gasteiger partial charge in [0.2, 0.25) is 0 Å². The third kappa shape index (κ3) is 2.77. The molecule has 0 aliphatic heterocycles. The summed E-state index contributed by atoms with van der Waals surface area (Å²) in [6, 6.07) is 1.90. The summed E-state index contributed by atoms with van der Waals surface area (Å²) in [4.78, 5) is 11.8. The van der Waals surface area contributed by atoms with Gasteiger partial charge in [-0.25, -0.2) is 0 Å². The molecule has 1 N–H and O–H groups in total. The van der Waals surface area contributed by atoms with E-state index >= 15 is 0 Å². The normalized spacial score (nSPS) is 10.6. The maximum absolute atomic E-state index is 11.8. The molecule has 6 heteroatoms. The third-order valence-corrected chi connectivity index (χ3v) is 2.67. The van der Waals surface area contributed by atoms with E-state index in [0.29, 0.717) is 12.1 Å². The Morgan fingerprint density at radius 3 is 2.72 bits per heavy atom. The molecule has 0 fully saturated rings. The van der Waals surface area contributed by atoms with Crippen molar-refractivity contribution in [1.82, 2.24) is 24.9 Å². The van der Waals surface area contributed by atoms with Crippen molar-refractivity contribution in [2.45, 2.75) is 33.5 Å². The third-order valence-electron chi connectivity index (χ3n) is 2.67. The fourth-order valence-corrected chi connectivity index (χ4v) is 1.60. The molecule has 0 saturated carbocycles. The van der Waals surface area contributed by atoms with Crippen molar-refractivity contribution in [3.8, 4) is 0 Å². The van der Waals surface area contributed by atoms with Gasteiger partial charge in [0, 0.05) is 25.5 Å². The number of hydrogen-bond acceptors (Lipinski definition) is 3. The molecule has 6 nitrogen and oxygen atoms in total. The minimum atomic E-state index is -0.124. The zero-order valence-corrected chi connectivity index (χ0v) is 10.6. The number of rotatable bonds is 5. The Morgan fingerprint density at radius 1 is 1.33 bits per heavy atom. The van der Waals surface area contributed by atoms with Crippen molar-refractivity contribution in [3.63, 3.8) is 0 Å². The van der Waals surface area contributed by atoms with Crippen LogP contribution in [0.1, 0.15) is 29.9 Å². The molecule has 0 atom stereocenters. The van der Waals surface area contributed by atoms with E-state index in [-0.39, 0.29) is 5.91 Å². The van der Waals surface area contributed by atoms with Crippen LogP contribution < -0.4 is 5.32 Å². The number of carbonyl (C=O) groups is 1. The first-order valence-corrected chi connectivity index (χ1v) is 6.06. The van der Waals surface area contributed by atoms with E-state index in [0.717, 1.165) is 18.8 Å². The molecule has 0 aliphatic carbocycles. The molecule has 2 rings (SSSR count). The van der Waals surface area contributed by atoms with Crippen LogP contribution >= 0.6 is 0 Å². The van der Waals surface area contributed by atoms with Gasteiger partial charge in [0.1, 0.15) is 0 Å². The van der Waals surface area contributed by atoms with Gasteiger partial charge in [-0.05, 0) is 19.9 Å². The Labute approximate surface area is 106 Å². The minimum absolute atomic E-state index is 0.124. The lowest BCUT2D eigenvalue weighted by atomic mass is 10.3. The highest BCUT2D eigenvalue weighted by Gasteiger charge is 2.08. The highest BCUT2D eigenvalue weighted by Crippen LogP contribution is 2.00. The van der Waals surface area contributed by atoms with Gasteiger partial charge >= 0.3 is 0 Å². The Balaban J connectivity index is 1.91. The van der Waals surface area contributed by atoms with Gasteiger partial charge in [-0.3, -0.25) is 14.2 Å². The molecule has 0 bridgehead atoms. The Bertz CT molecular complexity index is 528. The second-order valence-electron chi connectivity index (χ2n) is 3.93. The molecular weight excluding hydrogens is 230 g/mol. The molecular formula is C12H17N5O. The summed E-state index contributed by atoms with van der Waals surface area (Å²) >= 11 is 0. The van der Waals surface area contributed by atoms with Gasteiger partial charge in [-0.2, -0.15) is 10.2 Å². The molecule has 0 aliphatic rings. The van der Waals surface area contributed by atoms with Crippen molar-refractivity contribution in [1.29, 1.82) is 0 Å². The molecule has 0 unspecified atom stereocenters. The molecule has 2 heterocycles. The quantitative estimate of drug-likeness (QED) is 0.859. The second kappa shape index (κ2) is 5.48. The van der Waals surface area contributed by atoms with Crippen LogP contribution in [0.5, 0.6) is 0 Å². The van der Waals surface area contributed by atoms with E-state index in [1.54, 1.807) is 17.1 Å². The molecule has 96 valence electrons. The molecule has 2 aromatic heterocycles. The average molecular weight is 247 g/mol. The number of amides is 1. The Hall–Kier alpha value is -2.11. The average Bonchev–Trinajstić information content (AvgIpc) is 3.04. The zero-order valence-electron chi connectivity index (χ0n) is 10.6. The summed E-state index contributed by atoms with van der Waals surface area (Å²) in [6.07, 6.45) is 5.21. The highest BCUT2D eigenvalue weighted by atomic mass is 16.1. The van der Waals surface area contributed by atoms with Crippen molar-refractivity contribution in [3.05, 3.63) is 35.9 Å². The zero-order chi connectivity index (χ0) is 13.0. The van der Waals surface area contributed by atoms with Crippen LogP contribution in [0.2, 0.25) is 0 Å². The first-order valence-electron chi connectivity index (χ1n) is 6.06. The fraction of sp³-hybridized carbons (Fsp3) is 0.417. The van der Waals surface area contributed by atoms with E-state index in [1.165, 1.54) is 0 Å². The molecule has 0 saturated heterocycles. The Morgan fingerprint density at radius 2 is 2.11 bits per heavy atom. The van der Waals surface area contributed by atoms with Crippen LogP contribution in [0.4, 0.5) is 0 Å². The standard InChI is InChI=1S/C12H17N5O/c1-3-16-6-5-11(15-16)8-13-12(18)10-7-14-17(4-2)9-10/h5-7,9H,3-4,8H2,1-2H3,(H,13,18). The molecule has 0 spiro atoms. The summed E-state index contributed by atoms with van der Waals surface area (Å²) in [5, 5.41) is 11.2. The summed E-state index contributed by atoms with van der Waals surface area (Å²) in [7, 11) is 0. The van der Waals surface area contributed by atoms with Gasteiger partial charge in [0.25, 0.3) is 5.91 Å². The first-order chi connectivity index (χ1) is 8.72. The number of aromatic nitrogens is 4. The monoisotopic (exact) mass is 247 g/mol. The maximum atomic E-state index is 11.8. The van der Waals surface area contributed by atoms with Crippen molar-refractivity contribution in [2.24, 2.45) is 0 Å². The lowest BCUT2D eigenvalue weighted by molar-refractivity contribution is 0.0950. The number of carbonyl (C=O) groups excluding carboxylic acids is 1. The first kappa shape index (κ1) is 12.3. The topological polar surface area (TPSA) is 64.7 Å². The minimum Gasteiger partial charge on any atom is -0.346 e. The van der Waals surface area contributed by atoms with Gasteiger partial charge in [-0.1, -0.05) is 0 Å². The van der Waals surface area contributed by atoms with Gasteiger partial charge in [0.15, 0.2) is 0 Å². The molecule has 2 aromatic rings. The van der Waals surface area contributed by atoms with E-state index in [2.05, 4.69) is 15.5 Å². The number of hydrogen-bond donors (Lipinski definition) is 1. The van der Waals surface area contributed by atoms with Gasteiger partial charge in [0.05, 0.1) is 24.0 Å². The van der Waals surface area contributed by atoms with Crippen LogP contribution in [0, 0.1) is 0 Å². The predicted octanol–water partition coefficient (Wildman–Crippen LogP) is 1.05. The number of nitrogens with one attached hydrogen (secondary N) is 1. The fourth-order valence-electron chi connectivity index (χ4n) is 1.60. The van der Waals surface area contributed by atoms with E-state index in [9.17, 15) is 4.79 Å².